The Hall–Kier alpha value is -2.90. The highest BCUT2D eigenvalue weighted by atomic mass is 16.6. The van der Waals surface area contributed by atoms with Crippen LogP contribution in [0.25, 0.3) is 0 Å². The number of aromatic nitrogens is 2. The zero-order valence-corrected chi connectivity index (χ0v) is 13.4. The van der Waals surface area contributed by atoms with Crippen molar-refractivity contribution in [1.82, 2.24) is 9.78 Å². The van der Waals surface area contributed by atoms with Gasteiger partial charge in [0.1, 0.15) is 23.2 Å². The molecule has 1 atom stereocenters. The molecule has 8 heteroatoms. The first-order chi connectivity index (χ1) is 10.9. The Morgan fingerprint density at radius 2 is 2.04 bits per heavy atom. The van der Waals surface area contributed by atoms with Crippen molar-refractivity contribution in [2.45, 2.75) is 26.8 Å². The number of aryl methyl sites for hydroxylation is 1. The molecular formula is C15H18N4O4. The molecule has 0 aliphatic heterocycles. The molecule has 0 unspecified atom stereocenters. The van der Waals surface area contributed by atoms with Gasteiger partial charge in [-0.3, -0.25) is 19.6 Å². The van der Waals surface area contributed by atoms with Crippen molar-refractivity contribution in [3.63, 3.8) is 0 Å². The number of nitrogens with one attached hydrogen (secondary N) is 1. The summed E-state index contributed by atoms with van der Waals surface area (Å²) in [7, 11) is 1.51. The third-order valence-electron chi connectivity index (χ3n) is 3.58. The summed E-state index contributed by atoms with van der Waals surface area (Å²) in [6.45, 7) is 4.76. The number of methoxy groups -OCH3 is 1. The van der Waals surface area contributed by atoms with Crippen LogP contribution in [0, 0.1) is 24.0 Å². The topological polar surface area (TPSA) is 99.3 Å². The largest absolute Gasteiger partial charge is 0.495 e. The quantitative estimate of drug-likeness (QED) is 0.675. The summed E-state index contributed by atoms with van der Waals surface area (Å²) in [4.78, 5) is 23.0. The molecule has 2 rings (SSSR count). The molecular weight excluding hydrogens is 300 g/mol. The maximum Gasteiger partial charge on any atom is 0.312 e. The molecule has 2 aromatic rings. The predicted molar refractivity (Wildman–Crippen MR) is 84.7 cm³/mol. The maximum absolute atomic E-state index is 12.4. The first kappa shape index (κ1) is 16.5. The molecule has 0 aliphatic carbocycles. The maximum atomic E-state index is 12.4. The lowest BCUT2D eigenvalue weighted by molar-refractivity contribution is -0.386. The summed E-state index contributed by atoms with van der Waals surface area (Å²) in [5.41, 5.74) is 1.09. The fraction of sp³-hybridized carbons (Fsp3) is 0.333. The Labute approximate surface area is 133 Å². The number of ether oxygens (including phenoxy) is 1. The molecule has 1 amide bonds. The first-order valence-corrected chi connectivity index (χ1v) is 7.00. The summed E-state index contributed by atoms with van der Waals surface area (Å²) in [6.07, 6.45) is 0. The van der Waals surface area contributed by atoms with Gasteiger partial charge in [0.25, 0.3) is 0 Å². The Kier molecular flexibility index (Phi) is 4.63. The Morgan fingerprint density at radius 1 is 1.39 bits per heavy atom. The molecule has 0 aliphatic rings. The van der Waals surface area contributed by atoms with Crippen LogP contribution < -0.4 is 10.1 Å². The van der Waals surface area contributed by atoms with Crippen molar-refractivity contribution < 1.29 is 14.5 Å². The molecule has 1 aromatic heterocycles. The Morgan fingerprint density at radius 3 is 2.61 bits per heavy atom. The van der Waals surface area contributed by atoms with Gasteiger partial charge < -0.3 is 10.1 Å². The second-order valence-electron chi connectivity index (χ2n) is 5.09. The zero-order valence-electron chi connectivity index (χ0n) is 13.4. The summed E-state index contributed by atoms with van der Waals surface area (Å²) >= 11 is 0. The summed E-state index contributed by atoms with van der Waals surface area (Å²) < 4.78 is 6.54. The van der Waals surface area contributed by atoms with Gasteiger partial charge in [0.05, 0.1) is 17.7 Å². The number of hydrogen-bond donors (Lipinski definition) is 1. The molecule has 1 N–H and O–H groups in total. The molecule has 0 fully saturated rings. The van der Waals surface area contributed by atoms with Crippen LogP contribution in [-0.2, 0) is 4.79 Å². The van der Waals surface area contributed by atoms with E-state index >= 15 is 0 Å². The fourth-order valence-corrected chi connectivity index (χ4v) is 2.39. The molecule has 0 spiro atoms. The minimum absolute atomic E-state index is 0.0676. The van der Waals surface area contributed by atoms with Crippen molar-refractivity contribution in [2.75, 3.05) is 12.4 Å². The van der Waals surface area contributed by atoms with Gasteiger partial charge in [-0.15, -0.1) is 0 Å². The van der Waals surface area contributed by atoms with Crippen molar-refractivity contribution in [2.24, 2.45) is 0 Å². The van der Waals surface area contributed by atoms with Gasteiger partial charge in [-0.05, 0) is 32.9 Å². The third-order valence-corrected chi connectivity index (χ3v) is 3.58. The number of nitro groups is 1. The van der Waals surface area contributed by atoms with E-state index in [1.165, 1.54) is 11.8 Å². The average molecular weight is 318 g/mol. The lowest BCUT2D eigenvalue weighted by Gasteiger charge is -2.15. The molecule has 0 saturated carbocycles. The molecule has 8 nitrogen and oxygen atoms in total. The number of amides is 1. The van der Waals surface area contributed by atoms with Gasteiger partial charge >= 0.3 is 5.69 Å². The number of hydrogen-bond acceptors (Lipinski definition) is 5. The predicted octanol–water partition coefficient (Wildman–Crippen LogP) is 2.62. The molecule has 0 bridgehead atoms. The smallest absolute Gasteiger partial charge is 0.312 e. The molecule has 0 saturated heterocycles. The normalized spacial score (nSPS) is 11.8. The van der Waals surface area contributed by atoms with Gasteiger partial charge in [-0.2, -0.15) is 5.10 Å². The fourth-order valence-electron chi connectivity index (χ4n) is 2.39. The number of rotatable bonds is 5. The molecule has 122 valence electrons. The second kappa shape index (κ2) is 6.47. The molecule has 1 heterocycles. The highest BCUT2D eigenvalue weighted by molar-refractivity contribution is 5.94. The number of carbonyl (C=O) groups is 1. The van der Waals surface area contributed by atoms with Crippen molar-refractivity contribution in [3.05, 3.63) is 45.8 Å². The van der Waals surface area contributed by atoms with Crippen LogP contribution in [0.1, 0.15) is 24.4 Å². The zero-order chi connectivity index (χ0) is 17.1. The van der Waals surface area contributed by atoms with Crippen LogP contribution in [0.3, 0.4) is 0 Å². The minimum atomic E-state index is -0.702. The number of benzene rings is 1. The van der Waals surface area contributed by atoms with Crippen LogP contribution in [0.5, 0.6) is 5.75 Å². The lowest BCUT2D eigenvalue weighted by Crippen LogP contribution is -2.25. The van der Waals surface area contributed by atoms with Crippen molar-refractivity contribution >= 4 is 17.3 Å². The number of anilines is 1. The van der Waals surface area contributed by atoms with Crippen molar-refractivity contribution in [1.29, 1.82) is 0 Å². The van der Waals surface area contributed by atoms with E-state index in [-0.39, 0.29) is 17.3 Å². The highest BCUT2D eigenvalue weighted by Crippen LogP contribution is 2.27. The highest BCUT2D eigenvalue weighted by Gasteiger charge is 2.27. The van der Waals surface area contributed by atoms with E-state index in [9.17, 15) is 14.9 Å². The van der Waals surface area contributed by atoms with E-state index in [4.69, 9.17) is 4.74 Å². The average Bonchev–Trinajstić information content (AvgIpc) is 2.81. The second-order valence-corrected chi connectivity index (χ2v) is 5.09. The monoisotopic (exact) mass is 318 g/mol. The summed E-state index contributed by atoms with van der Waals surface area (Å²) in [5.74, 6) is 0.197. The van der Waals surface area contributed by atoms with Gasteiger partial charge in [0, 0.05) is 0 Å². The van der Waals surface area contributed by atoms with Crippen LogP contribution in [0.2, 0.25) is 0 Å². The van der Waals surface area contributed by atoms with E-state index in [2.05, 4.69) is 10.4 Å². The van der Waals surface area contributed by atoms with Crippen LogP contribution in [-0.4, -0.2) is 27.7 Å². The SMILES string of the molecule is COc1ccccc1NC(=O)[C@H](C)n1nc(C)c([N+](=O)[O-])c1C. The van der Waals surface area contributed by atoms with Crippen LogP contribution in [0.4, 0.5) is 11.4 Å². The van der Waals surface area contributed by atoms with E-state index < -0.39 is 11.0 Å². The minimum Gasteiger partial charge on any atom is -0.495 e. The third kappa shape index (κ3) is 3.15. The van der Waals surface area contributed by atoms with Gasteiger partial charge in [0.2, 0.25) is 5.91 Å². The summed E-state index contributed by atoms with van der Waals surface area (Å²) in [6, 6.07) is 6.31. The van der Waals surface area contributed by atoms with E-state index in [0.717, 1.165) is 0 Å². The Bertz CT molecular complexity index is 754. The Balaban J connectivity index is 2.27. The molecule has 1 aromatic carbocycles. The van der Waals surface area contributed by atoms with Crippen LogP contribution in [0.15, 0.2) is 24.3 Å². The van der Waals surface area contributed by atoms with E-state index in [0.29, 0.717) is 17.1 Å². The molecule has 0 radical (unpaired) electrons. The van der Waals surface area contributed by atoms with Crippen molar-refractivity contribution in [3.8, 4) is 5.75 Å². The first-order valence-electron chi connectivity index (χ1n) is 7.00. The van der Waals surface area contributed by atoms with E-state index in [1.807, 2.05) is 0 Å². The van der Waals surface area contributed by atoms with E-state index in [1.54, 1.807) is 45.0 Å². The number of para-hydroxylation sites is 2. The van der Waals surface area contributed by atoms with Gasteiger partial charge in [-0.25, -0.2) is 0 Å². The number of nitrogens with zero attached hydrogens (tertiary/aromatic N) is 3. The van der Waals surface area contributed by atoms with Gasteiger partial charge in [-0.1, -0.05) is 12.1 Å². The number of carbonyl (C=O) groups excluding carboxylic acids is 1. The standard InChI is InChI=1S/C15H18N4O4/c1-9-14(19(21)22)10(2)18(17-9)11(3)15(20)16-12-7-5-6-8-13(12)23-4/h5-8,11H,1-4H3,(H,16,20)/t11-/m0/s1. The lowest BCUT2D eigenvalue weighted by atomic mass is 10.2. The molecule has 23 heavy (non-hydrogen) atoms. The van der Waals surface area contributed by atoms with Gasteiger partial charge in [0.15, 0.2) is 0 Å². The summed E-state index contributed by atoms with van der Waals surface area (Å²) in [5, 5.41) is 17.9. The van der Waals surface area contributed by atoms with Crippen LogP contribution >= 0.6 is 0 Å².